The molecule has 16 heavy (non-hydrogen) atoms. The van der Waals surface area contributed by atoms with Crippen LogP contribution in [-0.4, -0.2) is 24.5 Å². The minimum absolute atomic E-state index is 0.552. The van der Waals surface area contributed by atoms with Gasteiger partial charge in [0.1, 0.15) is 0 Å². The van der Waals surface area contributed by atoms with Gasteiger partial charge >= 0.3 is 0 Å². The Balaban J connectivity index is 2.66. The second-order valence-electron chi connectivity index (χ2n) is 3.39. The van der Waals surface area contributed by atoms with Crippen LogP contribution in [-0.2, 0) is 0 Å². The van der Waals surface area contributed by atoms with Gasteiger partial charge in [0.05, 0.1) is 16.6 Å². The van der Waals surface area contributed by atoms with Crippen LogP contribution < -0.4 is 0 Å². The van der Waals surface area contributed by atoms with Crippen LogP contribution >= 0.6 is 23.2 Å². The Morgan fingerprint density at radius 1 is 1.12 bits per heavy atom. The maximum absolute atomic E-state index is 5.90. The van der Waals surface area contributed by atoms with E-state index < -0.39 is 0 Å². The number of halogens is 2. The highest BCUT2D eigenvalue weighted by molar-refractivity contribution is 6.42. The molecule has 0 amide bonds. The summed E-state index contributed by atoms with van der Waals surface area (Å²) in [5.74, 6) is 6.20. The van der Waals surface area contributed by atoms with Gasteiger partial charge < -0.3 is 0 Å². The van der Waals surface area contributed by atoms with Crippen molar-refractivity contribution < 1.29 is 0 Å². The van der Waals surface area contributed by atoms with Crippen molar-refractivity contribution >= 4 is 23.2 Å². The van der Waals surface area contributed by atoms with E-state index in [0.29, 0.717) is 10.0 Å². The Morgan fingerprint density at radius 2 is 1.81 bits per heavy atom. The van der Waals surface area contributed by atoms with E-state index in [1.807, 2.05) is 6.07 Å². The quantitative estimate of drug-likeness (QED) is 0.745. The second kappa shape index (κ2) is 6.81. The van der Waals surface area contributed by atoms with Gasteiger partial charge in [-0.25, -0.2) is 0 Å². The van der Waals surface area contributed by atoms with Gasteiger partial charge in [-0.2, -0.15) is 0 Å². The smallest absolute Gasteiger partial charge is 0.0605 e. The van der Waals surface area contributed by atoms with Gasteiger partial charge in [0.2, 0.25) is 0 Å². The van der Waals surface area contributed by atoms with Crippen LogP contribution in [0.15, 0.2) is 18.2 Å². The molecule has 0 aliphatic carbocycles. The van der Waals surface area contributed by atoms with Crippen molar-refractivity contribution in [2.24, 2.45) is 0 Å². The van der Waals surface area contributed by atoms with Gasteiger partial charge in [-0.3, -0.25) is 4.90 Å². The normalized spacial score (nSPS) is 10.1. The van der Waals surface area contributed by atoms with Gasteiger partial charge in [0.15, 0.2) is 0 Å². The lowest BCUT2D eigenvalue weighted by Crippen LogP contribution is -2.22. The Labute approximate surface area is 107 Å². The molecule has 1 aromatic carbocycles. The van der Waals surface area contributed by atoms with Crippen LogP contribution in [0.5, 0.6) is 0 Å². The van der Waals surface area contributed by atoms with Crippen molar-refractivity contribution in [1.82, 2.24) is 4.90 Å². The maximum Gasteiger partial charge on any atom is 0.0605 e. The summed E-state index contributed by atoms with van der Waals surface area (Å²) in [5, 5.41) is 1.12. The molecule has 1 nitrogen and oxygen atoms in total. The van der Waals surface area contributed by atoms with E-state index in [1.165, 1.54) is 0 Å². The summed E-state index contributed by atoms with van der Waals surface area (Å²) in [4.78, 5) is 2.25. The average Bonchev–Trinajstić information content (AvgIpc) is 2.29. The van der Waals surface area contributed by atoms with Crippen molar-refractivity contribution in [3.05, 3.63) is 33.8 Å². The fourth-order valence-corrected chi connectivity index (χ4v) is 1.57. The summed E-state index contributed by atoms with van der Waals surface area (Å²) in [7, 11) is 0. The maximum atomic E-state index is 5.90. The second-order valence-corrected chi connectivity index (χ2v) is 4.21. The van der Waals surface area contributed by atoms with E-state index in [2.05, 4.69) is 30.6 Å². The zero-order chi connectivity index (χ0) is 12.0. The van der Waals surface area contributed by atoms with Crippen LogP contribution in [0.3, 0.4) is 0 Å². The van der Waals surface area contributed by atoms with Gasteiger partial charge in [-0.1, -0.05) is 48.9 Å². The highest BCUT2D eigenvalue weighted by atomic mass is 35.5. The van der Waals surface area contributed by atoms with Crippen molar-refractivity contribution in [2.75, 3.05) is 19.6 Å². The summed E-state index contributed by atoms with van der Waals surface area (Å²) >= 11 is 11.7. The number of rotatable bonds is 3. The fourth-order valence-electron chi connectivity index (χ4n) is 1.27. The third kappa shape index (κ3) is 4.06. The lowest BCUT2D eigenvalue weighted by atomic mass is 10.2. The molecule has 0 saturated heterocycles. The SMILES string of the molecule is CCN(CC)CC#Cc1ccc(Cl)c(Cl)c1. The van der Waals surface area contributed by atoms with Crippen molar-refractivity contribution in [3.8, 4) is 11.8 Å². The lowest BCUT2D eigenvalue weighted by molar-refractivity contribution is 0.342. The minimum atomic E-state index is 0.552. The van der Waals surface area contributed by atoms with E-state index in [9.17, 15) is 0 Å². The molecule has 0 bridgehead atoms. The van der Waals surface area contributed by atoms with Crippen LogP contribution in [0.25, 0.3) is 0 Å². The van der Waals surface area contributed by atoms with E-state index in [0.717, 1.165) is 25.2 Å². The van der Waals surface area contributed by atoms with Crippen LogP contribution in [0, 0.1) is 11.8 Å². The predicted molar refractivity (Wildman–Crippen MR) is 71.1 cm³/mol. The number of hydrogen-bond acceptors (Lipinski definition) is 1. The summed E-state index contributed by atoms with van der Waals surface area (Å²) in [6.45, 7) is 7.08. The lowest BCUT2D eigenvalue weighted by Gasteiger charge is -2.13. The van der Waals surface area contributed by atoms with E-state index in [1.54, 1.807) is 12.1 Å². The largest absolute Gasteiger partial charge is 0.293 e. The first-order chi connectivity index (χ1) is 7.67. The third-order valence-electron chi connectivity index (χ3n) is 2.35. The summed E-state index contributed by atoms with van der Waals surface area (Å²) < 4.78 is 0. The number of hydrogen-bond donors (Lipinski definition) is 0. The van der Waals surface area contributed by atoms with Gasteiger partial charge in [0, 0.05) is 5.56 Å². The molecule has 0 aliphatic rings. The average molecular weight is 256 g/mol. The van der Waals surface area contributed by atoms with Gasteiger partial charge in [-0.15, -0.1) is 0 Å². The molecule has 0 heterocycles. The molecule has 0 atom stereocenters. The molecule has 0 N–H and O–H groups in total. The van der Waals surface area contributed by atoms with Gasteiger partial charge in [-0.05, 0) is 31.3 Å². The molecule has 0 fully saturated rings. The highest BCUT2D eigenvalue weighted by Crippen LogP contribution is 2.21. The van der Waals surface area contributed by atoms with Crippen LogP contribution in [0.1, 0.15) is 19.4 Å². The topological polar surface area (TPSA) is 3.24 Å². The molecule has 1 rings (SSSR count). The number of nitrogens with zero attached hydrogens (tertiary/aromatic N) is 1. The first-order valence-corrected chi connectivity index (χ1v) is 6.09. The van der Waals surface area contributed by atoms with Crippen molar-refractivity contribution in [1.29, 1.82) is 0 Å². The summed E-state index contributed by atoms with van der Waals surface area (Å²) in [6, 6.07) is 5.44. The zero-order valence-corrected chi connectivity index (χ0v) is 11.1. The molecule has 0 unspecified atom stereocenters. The first-order valence-electron chi connectivity index (χ1n) is 5.33. The molecule has 1 aromatic rings. The molecule has 0 saturated carbocycles. The Morgan fingerprint density at radius 3 is 2.38 bits per heavy atom. The Kier molecular flexibility index (Phi) is 5.69. The molecular formula is C13H15Cl2N. The molecule has 0 aliphatic heterocycles. The fraction of sp³-hybridized carbons (Fsp3) is 0.385. The monoisotopic (exact) mass is 255 g/mol. The Hall–Kier alpha value is -0.680. The highest BCUT2D eigenvalue weighted by Gasteiger charge is 1.97. The molecule has 0 aromatic heterocycles. The van der Waals surface area contributed by atoms with Crippen molar-refractivity contribution in [3.63, 3.8) is 0 Å². The van der Waals surface area contributed by atoms with E-state index in [-0.39, 0.29) is 0 Å². The van der Waals surface area contributed by atoms with Crippen molar-refractivity contribution in [2.45, 2.75) is 13.8 Å². The van der Waals surface area contributed by atoms with E-state index in [4.69, 9.17) is 23.2 Å². The molecule has 3 heteroatoms. The minimum Gasteiger partial charge on any atom is -0.293 e. The van der Waals surface area contributed by atoms with E-state index >= 15 is 0 Å². The molecule has 0 spiro atoms. The zero-order valence-electron chi connectivity index (χ0n) is 9.56. The molecule has 0 radical (unpaired) electrons. The summed E-state index contributed by atoms with van der Waals surface area (Å²) in [6.07, 6.45) is 0. The predicted octanol–water partition coefficient (Wildman–Crippen LogP) is 3.69. The Bertz CT molecular complexity index is 400. The third-order valence-corrected chi connectivity index (χ3v) is 3.09. The van der Waals surface area contributed by atoms with Crippen LogP contribution in [0.2, 0.25) is 10.0 Å². The first kappa shape index (κ1) is 13.4. The standard InChI is InChI=1S/C13H15Cl2N/c1-3-16(4-2)9-5-6-11-7-8-12(14)13(15)10-11/h7-8,10H,3-4,9H2,1-2H3. The molecular weight excluding hydrogens is 241 g/mol. The van der Waals surface area contributed by atoms with Crippen LogP contribution in [0.4, 0.5) is 0 Å². The summed E-state index contributed by atoms with van der Waals surface area (Å²) in [5.41, 5.74) is 0.904. The number of benzene rings is 1. The van der Waals surface area contributed by atoms with Gasteiger partial charge in [0.25, 0.3) is 0 Å². The molecule has 86 valence electrons.